The molecule has 0 saturated heterocycles. The SMILES string of the molecule is CCc1n[nH]c(=S)n1NCc1ccc(Br)cc1. The number of nitrogens with zero attached hydrogens (tertiary/aromatic N) is 2. The van der Waals surface area contributed by atoms with Gasteiger partial charge in [-0.25, -0.2) is 4.68 Å². The summed E-state index contributed by atoms with van der Waals surface area (Å²) >= 11 is 8.56. The predicted octanol–water partition coefficient (Wildman–Crippen LogP) is 3.01. The van der Waals surface area contributed by atoms with Crippen molar-refractivity contribution < 1.29 is 0 Å². The van der Waals surface area contributed by atoms with E-state index in [2.05, 4.69) is 43.7 Å². The van der Waals surface area contributed by atoms with Crippen LogP contribution < -0.4 is 5.43 Å². The van der Waals surface area contributed by atoms with Gasteiger partial charge in [-0.3, -0.25) is 5.10 Å². The standard InChI is InChI=1S/C11H13BrN4S/c1-2-10-14-15-11(17)16(10)13-7-8-3-5-9(12)6-4-8/h3-6,13H,2,7H2,1H3,(H,15,17). The van der Waals surface area contributed by atoms with E-state index >= 15 is 0 Å². The molecule has 2 N–H and O–H groups in total. The second kappa shape index (κ2) is 5.46. The summed E-state index contributed by atoms with van der Waals surface area (Å²) in [4.78, 5) is 0. The normalized spacial score (nSPS) is 10.5. The van der Waals surface area contributed by atoms with Gasteiger partial charge in [0, 0.05) is 10.9 Å². The first-order valence-corrected chi connectivity index (χ1v) is 6.55. The summed E-state index contributed by atoms with van der Waals surface area (Å²) in [6.07, 6.45) is 0.834. The van der Waals surface area contributed by atoms with Gasteiger partial charge in [-0.2, -0.15) is 5.10 Å². The Bertz CT molecular complexity index is 543. The summed E-state index contributed by atoms with van der Waals surface area (Å²) in [7, 11) is 0. The lowest BCUT2D eigenvalue weighted by atomic mass is 10.2. The third kappa shape index (κ3) is 2.95. The first-order chi connectivity index (χ1) is 8.20. The molecule has 1 aromatic carbocycles. The van der Waals surface area contributed by atoms with E-state index in [0.29, 0.717) is 11.3 Å². The molecular weight excluding hydrogens is 300 g/mol. The van der Waals surface area contributed by atoms with E-state index in [1.54, 1.807) is 0 Å². The summed E-state index contributed by atoms with van der Waals surface area (Å²) < 4.78 is 3.49. The maximum absolute atomic E-state index is 5.15. The van der Waals surface area contributed by atoms with Crippen LogP contribution in [0.15, 0.2) is 28.7 Å². The third-order valence-corrected chi connectivity index (χ3v) is 3.22. The van der Waals surface area contributed by atoms with Crippen LogP contribution in [0.4, 0.5) is 0 Å². The van der Waals surface area contributed by atoms with Crippen LogP contribution in [0.2, 0.25) is 0 Å². The Morgan fingerprint density at radius 1 is 1.41 bits per heavy atom. The Balaban J connectivity index is 2.09. The van der Waals surface area contributed by atoms with Crippen molar-refractivity contribution in [2.45, 2.75) is 19.9 Å². The molecule has 0 spiro atoms. The number of hydrogen-bond donors (Lipinski definition) is 2. The second-order valence-corrected chi connectivity index (χ2v) is 4.90. The average Bonchev–Trinajstić information content (AvgIpc) is 2.69. The molecule has 0 unspecified atom stereocenters. The summed E-state index contributed by atoms with van der Waals surface area (Å²) in [6.45, 7) is 2.76. The fraction of sp³-hybridized carbons (Fsp3) is 0.273. The maximum atomic E-state index is 5.15. The van der Waals surface area contributed by atoms with Crippen LogP contribution >= 0.6 is 28.1 Å². The number of aromatic nitrogens is 3. The van der Waals surface area contributed by atoms with Gasteiger partial charge < -0.3 is 5.43 Å². The van der Waals surface area contributed by atoms with Crippen LogP contribution in [-0.2, 0) is 13.0 Å². The van der Waals surface area contributed by atoms with Crippen LogP contribution in [0.3, 0.4) is 0 Å². The molecule has 0 saturated carbocycles. The van der Waals surface area contributed by atoms with E-state index in [4.69, 9.17) is 12.2 Å². The molecule has 2 rings (SSSR count). The Labute approximate surface area is 113 Å². The van der Waals surface area contributed by atoms with Gasteiger partial charge in [0.15, 0.2) is 5.82 Å². The van der Waals surface area contributed by atoms with E-state index in [-0.39, 0.29) is 0 Å². The van der Waals surface area contributed by atoms with Gasteiger partial charge in [0.25, 0.3) is 0 Å². The van der Waals surface area contributed by atoms with E-state index in [1.807, 2.05) is 23.7 Å². The van der Waals surface area contributed by atoms with Gasteiger partial charge in [0.05, 0.1) is 6.54 Å². The lowest BCUT2D eigenvalue weighted by Gasteiger charge is -2.09. The molecule has 0 amide bonds. The highest BCUT2D eigenvalue weighted by molar-refractivity contribution is 9.10. The summed E-state index contributed by atoms with van der Waals surface area (Å²) in [5, 5.41) is 6.92. The molecule has 0 bridgehead atoms. The van der Waals surface area contributed by atoms with Crippen LogP contribution in [0, 0.1) is 4.77 Å². The minimum Gasteiger partial charge on any atom is -0.318 e. The van der Waals surface area contributed by atoms with Crippen molar-refractivity contribution in [2.24, 2.45) is 0 Å². The first-order valence-electron chi connectivity index (χ1n) is 5.35. The molecular formula is C11H13BrN4S. The zero-order valence-electron chi connectivity index (χ0n) is 9.40. The predicted molar refractivity (Wildman–Crippen MR) is 74.0 cm³/mol. The summed E-state index contributed by atoms with van der Waals surface area (Å²) in [6, 6.07) is 8.16. The minimum absolute atomic E-state index is 0.596. The molecule has 0 atom stereocenters. The van der Waals surface area contributed by atoms with Crippen molar-refractivity contribution >= 4 is 28.1 Å². The highest BCUT2D eigenvalue weighted by Crippen LogP contribution is 2.10. The number of benzene rings is 1. The molecule has 2 aromatic rings. The second-order valence-electron chi connectivity index (χ2n) is 3.60. The van der Waals surface area contributed by atoms with E-state index in [0.717, 1.165) is 16.7 Å². The molecule has 0 fully saturated rings. The molecule has 0 aliphatic heterocycles. The minimum atomic E-state index is 0.596. The lowest BCUT2D eigenvalue weighted by Crippen LogP contribution is -2.17. The molecule has 0 aliphatic carbocycles. The Kier molecular flexibility index (Phi) is 3.96. The molecule has 6 heteroatoms. The van der Waals surface area contributed by atoms with Crippen molar-refractivity contribution in [2.75, 3.05) is 5.43 Å². The topological polar surface area (TPSA) is 45.6 Å². The molecule has 90 valence electrons. The van der Waals surface area contributed by atoms with Crippen molar-refractivity contribution in [3.63, 3.8) is 0 Å². The zero-order valence-corrected chi connectivity index (χ0v) is 11.8. The summed E-state index contributed by atoms with van der Waals surface area (Å²) in [5.74, 6) is 0.909. The Morgan fingerprint density at radius 2 is 2.12 bits per heavy atom. The number of H-pyrrole nitrogens is 1. The van der Waals surface area contributed by atoms with Crippen LogP contribution in [0.1, 0.15) is 18.3 Å². The number of rotatable bonds is 4. The maximum Gasteiger partial charge on any atom is 0.214 e. The largest absolute Gasteiger partial charge is 0.318 e. The van der Waals surface area contributed by atoms with Crippen molar-refractivity contribution in [1.29, 1.82) is 0 Å². The van der Waals surface area contributed by atoms with Gasteiger partial charge in [-0.05, 0) is 29.9 Å². The van der Waals surface area contributed by atoms with Gasteiger partial charge in [-0.1, -0.05) is 35.0 Å². The fourth-order valence-electron chi connectivity index (χ4n) is 1.50. The Hall–Kier alpha value is -1.14. The van der Waals surface area contributed by atoms with E-state index in [9.17, 15) is 0 Å². The summed E-state index contributed by atoms with van der Waals surface area (Å²) in [5.41, 5.74) is 4.44. The third-order valence-electron chi connectivity index (χ3n) is 2.41. The molecule has 1 heterocycles. The smallest absolute Gasteiger partial charge is 0.214 e. The van der Waals surface area contributed by atoms with Crippen molar-refractivity contribution in [3.8, 4) is 0 Å². The number of aryl methyl sites for hydroxylation is 1. The lowest BCUT2D eigenvalue weighted by molar-refractivity contribution is 0.763. The Morgan fingerprint density at radius 3 is 2.76 bits per heavy atom. The highest BCUT2D eigenvalue weighted by Gasteiger charge is 2.02. The number of aromatic amines is 1. The fourth-order valence-corrected chi connectivity index (χ4v) is 1.98. The quantitative estimate of drug-likeness (QED) is 0.853. The molecule has 0 radical (unpaired) electrons. The molecule has 0 aliphatic rings. The van der Waals surface area contributed by atoms with Crippen LogP contribution in [-0.4, -0.2) is 14.9 Å². The van der Waals surface area contributed by atoms with Gasteiger partial charge >= 0.3 is 0 Å². The van der Waals surface area contributed by atoms with Gasteiger partial charge in [0.1, 0.15) is 0 Å². The van der Waals surface area contributed by atoms with Gasteiger partial charge in [-0.15, -0.1) is 0 Å². The van der Waals surface area contributed by atoms with Gasteiger partial charge in [0.2, 0.25) is 4.77 Å². The monoisotopic (exact) mass is 312 g/mol. The zero-order chi connectivity index (χ0) is 12.3. The number of halogens is 1. The first kappa shape index (κ1) is 12.3. The molecule has 4 nitrogen and oxygen atoms in total. The van der Waals surface area contributed by atoms with Crippen molar-refractivity contribution in [1.82, 2.24) is 14.9 Å². The van der Waals surface area contributed by atoms with Crippen LogP contribution in [0.5, 0.6) is 0 Å². The van der Waals surface area contributed by atoms with Crippen LogP contribution in [0.25, 0.3) is 0 Å². The number of nitrogens with one attached hydrogen (secondary N) is 2. The highest BCUT2D eigenvalue weighted by atomic mass is 79.9. The van der Waals surface area contributed by atoms with E-state index < -0.39 is 0 Å². The number of hydrogen-bond acceptors (Lipinski definition) is 3. The average molecular weight is 313 g/mol. The van der Waals surface area contributed by atoms with E-state index in [1.165, 1.54) is 5.56 Å². The molecule has 17 heavy (non-hydrogen) atoms. The van der Waals surface area contributed by atoms with Crippen molar-refractivity contribution in [3.05, 3.63) is 44.9 Å². The molecule has 1 aromatic heterocycles.